The molecule has 1 amide bonds. The first-order chi connectivity index (χ1) is 15.6. The summed E-state index contributed by atoms with van der Waals surface area (Å²) in [6.45, 7) is 2.38. The summed E-state index contributed by atoms with van der Waals surface area (Å²) in [5.41, 5.74) is 4.45. The number of hydrogen-bond acceptors (Lipinski definition) is 6. The third-order valence-electron chi connectivity index (χ3n) is 5.61. The fourth-order valence-electron chi connectivity index (χ4n) is 3.88. The molecule has 4 aromatic rings. The molecule has 0 unspecified atom stereocenters. The van der Waals surface area contributed by atoms with Gasteiger partial charge in [0.15, 0.2) is 17.6 Å². The summed E-state index contributed by atoms with van der Waals surface area (Å²) in [6.07, 6.45) is 1.82. The van der Waals surface area contributed by atoms with Gasteiger partial charge in [0.05, 0.1) is 25.5 Å². The summed E-state index contributed by atoms with van der Waals surface area (Å²) in [4.78, 5) is 22.0. The number of nitrogens with one attached hydrogen (secondary N) is 1. The molecule has 0 bridgehead atoms. The van der Waals surface area contributed by atoms with E-state index in [4.69, 9.17) is 9.47 Å². The Bertz CT molecular complexity index is 1270. The van der Waals surface area contributed by atoms with Gasteiger partial charge in [0, 0.05) is 11.6 Å². The van der Waals surface area contributed by atoms with Gasteiger partial charge in [0.25, 0.3) is 5.91 Å². The lowest BCUT2D eigenvalue weighted by Crippen LogP contribution is -2.35. The van der Waals surface area contributed by atoms with E-state index in [1.54, 1.807) is 18.0 Å². The molecule has 162 valence electrons. The quantitative estimate of drug-likeness (QED) is 0.524. The molecule has 0 fully saturated rings. The Labute approximate surface area is 185 Å². The predicted octanol–water partition coefficient (Wildman–Crippen LogP) is 3.29. The van der Waals surface area contributed by atoms with Crippen LogP contribution in [0.15, 0.2) is 60.9 Å². The largest absolute Gasteiger partial charge is 0.497 e. The topological polar surface area (TPSA) is 90.6 Å². The molecule has 1 aliphatic heterocycles. The number of aromatic nitrogens is 4. The first-order valence-corrected chi connectivity index (χ1v) is 10.5. The fraction of sp³-hybridized carbons (Fsp3) is 0.250. The van der Waals surface area contributed by atoms with Gasteiger partial charge in [-0.1, -0.05) is 24.3 Å². The molecule has 5 rings (SSSR count). The van der Waals surface area contributed by atoms with E-state index in [1.807, 2.05) is 61.5 Å². The maximum Gasteiger partial charge on any atom is 0.254 e. The summed E-state index contributed by atoms with van der Waals surface area (Å²) < 4.78 is 12.6. The van der Waals surface area contributed by atoms with Crippen molar-refractivity contribution in [1.29, 1.82) is 0 Å². The summed E-state index contributed by atoms with van der Waals surface area (Å²) in [5.74, 6) is 1.10. The molecule has 0 saturated carbocycles. The predicted molar refractivity (Wildman–Crippen MR) is 118 cm³/mol. The van der Waals surface area contributed by atoms with Crippen molar-refractivity contribution in [3.05, 3.63) is 77.9 Å². The minimum Gasteiger partial charge on any atom is -0.497 e. The maximum absolute atomic E-state index is 12.9. The van der Waals surface area contributed by atoms with Crippen molar-refractivity contribution in [2.45, 2.75) is 25.5 Å². The van der Waals surface area contributed by atoms with E-state index in [0.29, 0.717) is 18.1 Å². The molecule has 0 saturated heterocycles. The van der Waals surface area contributed by atoms with Crippen LogP contribution in [0.25, 0.3) is 16.9 Å². The minimum absolute atomic E-state index is 0.194. The van der Waals surface area contributed by atoms with Gasteiger partial charge in [-0.15, -0.1) is 5.10 Å². The van der Waals surface area contributed by atoms with Crippen molar-refractivity contribution in [3.8, 4) is 17.0 Å². The molecule has 8 heteroatoms. The zero-order valence-electron chi connectivity index (χ0n) is 17.9. The SMILES string of the molecule is COc1ccc(-c2cc3nc([C@@H](C)NC(=O)[C@H]4OCCc5ccccc54)nn3cn2)cc1. The van der Waals surface area contributed by atoms with Crippen LogP contribution in [0.3, 0.4) is 0 Å². The van der Waals surface area contributed by atoms with Crippen LogP contribution in [0.1, 0.15) is 36.0 Å². The van der Waals surface area contributed by atoms with E-state index in [0.717, 1.165) is 34.6 Å². The van der Waals surface area contributed by atoms with Gasteiger partial charge >= 0.3 is 0 Å². The van der Waals surface area contributed by atoms with Crippen LogP contribution >= 0.6 is 0 Å². The van der Waals surface area contributed by atoms with E-state index in [9.17, 15) is 4.79 Å². The Hall–Kier alpha value is -3.78. The lowest BCUT2D eigenvalue weighted by Gasteiger charge is -2.26. The maximum atomic E-state index is 12.9. The summed E-state index contributed by atoms with van der Waals surface area (Å²) in [5, 5.41) is 7.47. The van der Waals surface area contributed by atoms with Crippen LogP contribution in [0.2, 0.25) is 0 Å². The van der Waals surface area contributed by atoms with Crippen molar-refractivity contribution >= 4 is 11.6 Å². The van der Waals surface area contributed by atoms with Gasteiger partial charge in [0.2, 0.25) is 0 Å². The van der Waals surface area contributed by atoms with Crippen LogP contribution in [-0.4, -0.2) is 39.2 Å². The van der Waals surface area contributed by atoms with Crippen LogP contribution in [0.4, 0.5) is 0 Å². The average molecular weight is 429 g/mol. The number of methoxy groups -OCH3 is 1. The Morgan fingerprint density at radius 3 is 2.84 bits per heavy atom. The first-order valence-electron chi connectivity index (χ1n) is 10.5. The van der Waals surface area contributed by atoms with Gasteiger partial charge in [-0.25, -0.2) is 14.5 Å². The average Bonchev–Trinajstić information content (AvgIpc) is 3.27. The summed E-state index contributed by atoms with van der Waals surface area (Å²) in [6, 6.07) is 17.0. The molecule has 1 aliphatic rings. The number of nitrogens with zero attached hydrogens (tertiary/aromatic N) is 4. The van der Waals surface area contributed by atoms with E-state index in [2.05, 4.69) is 20.4 Å². The smallest absolute Gasteiger partial charge is 0.254 e. The number of carbonyl (C=O) groups is 1. The Morgan fingerprint density at radius 2 is 2.03 bits per heavy atom. The molecule has 2 aromatic heterocycles. The van der Waals surface area contributed by atoms with E-state index >= 15 is 0 Å². The third kappa shape index (κ3) is 3.80. The molecule has 0 radical (unpaired) electrons. The summed E-state index contributed by atoms with van der Waals surface area (Å²) in [7, 11) is 1.64. The van der Waals surface area contributed by atoms with Crippen molar-refractivity contribution in [2.75, 3.05) is 13.7 Å². The normalized spacial score (nSPS) is 16.4. The van der Waals surface area contributed by atoms with Crippen molar-refractivity contribution in [1.82, 2.24) is 24.9 Å². The lowest BCUT2D eigenvalue weighted by molar-refractivity contribution is -0.134. The number of carbonyl (C=O) groups excluding carboxylic acids is 1. The molecule has 2 atom stereocenters. The van der Waals surface area contributed by atoms with Crippen LogP contribution in [0.5, 0.6) is 5.75 Å². The first kappa shape index (κ1) is 20.1. The monoisotopic (exact) mass is 429 g/mol. The number of benzene rings is 2. The second kappa shape index (κ2) is 8.39. The highest BCUT2D eigenvalue weighted by Crippen LogP contribution is 2.28. The molecule has 0 spiro atoms. The highest BCUT2D eigenvalue weighted by atomic mass is 16.5. The Kier molecular flexibility index (Phi) is 5.28. The molecular formula is C24H23N5O3. The zero-order valence-corrected chi connectivity index (χ0v) is 17.9. The van der Waals surface area contributed by atoms with E-state index < -0.39 is 6.10 Å². The zero-order chi connectivity index (χ0) is 22.1. The molecule has 0 aliphatic carbocycles. The number of ether oxygens (including phenoxy) is 2. The molecule has 2 aromatic carbocycles. The van der Waals surface area contributed by atoms with Gasteiger partial charge in [0.1, 0.15) is 12.1 Å². The van der Waals surface area contributed by atoms with Crippen LogP contribution in [-0.2, 0) is 16.0 Å². The van der Waals surface area contributed by atoms with Crippen LogP contribution in [0, 0.1) is 0 Å². The van der Waals surface area contributed by atoms with Crippen molar-refractivity contribution in [2.24, 2.45) is 0 Å². The lowest BCUT2D eigenvalue weighted by atomic mass is 9.97. The van der Waals surface area contributed by atoms with Crippen molar-refractivity contribution in [3.63, 3.8) is 0 Å². The van der Waals surface area contributed by atoms with Gasteiger partial charge < -0.3 is 14.8 Å². The molecule has 32 heavy (non-hydrogen) atoms. The van der Waals surface area contributed by atoms with Gasteiger partial charge in [-0.2, -0.15) is 0 Å². The molecule has 1 N–H and O–H groups in total. The van der Waals surface area contributed by atoms with Gasteiger partial charge in [-0.3, -0.25) is 4.79 Å². The highest BCUT2D eigenvalue weighted by Gasteiger charge is 2.29. The Balaban J connectivity index is 1.35. The summed E-state index contributed by atoms with van der Waals surface area (Å²) >= 11 is 0. The molecule has 8 nitrogen and oxygen atoms in total. The number of rotatable bonds is 5. The van der Waals surface area contributed by atoms with Gasteiger partial charge in [-0.05, 0) is 48.7 Å². The Morgan fingerprint density at radius 1 is 1.22 bits per heavy atom. The second-order valence-corrected chi connectivity index (χ2v) is 7.71. The van der Waals surface area contributed by atoms with Crippen molar-refractivity contribution < 1.29 is 14.3 Å². The minimum atomic E-state index is -0.622. The molecular weight excluding hydrogens is 406 g/mol. The highest BCUT2D eigenvalue weighted by molar-refractivity contribution is 5.83. The molecule has 3 heterocycles. The second-order valence-electron chi connectivity index (χ2n) is 7.71. The third-order valence-corrected chi connectivity index (χ3v) is 5.61. The van der Waals surface area contributed by atoms with E-state index in [1.165, 1.54) is 0 Å². The number of fused-ring (bicyclic) bond motifs is 2. The number of hydrogen-bond donors (Lipinski definition) is 1. The van der Waals surface area contributed by atoms with E-state index in [-0.39, 0.29) is 11.9 Å². The number of amides is 1. The standard InChI is InChI=1S/C24H23N5O3/c1-15(26-24(30)22-19-6-4-3-5-16(19)11-12-32-22)23-27-21-13-20(25-14-29(21)28-23)17-7-9-18(31-2)10-8-17/h3-10,13-15,22H,11-12H2,1-2H3,(H,26,30)/t15-,22+/m1/s1. The fourth-order valence-corrected chi connectivity index (χ4v) is 3.88. The van der Waals surface area contributed by atoms with Crippen LogP contribution < -0.4 is 10.1 Å².